The van der Waals surface area contributed by atoms with Gasteiger partial charge in [0.2, 0.25) is 0 Å². The van der Waals surface area contributed by atoms with Crippen molar-refractivity contribution in [1.29, 1.82) is 0 Å². The number of aryl methyl sites for hydroxylation is 1. The van der Waals surface area contributed by atoms with E-state index in [0.29, 0.717) is 0 Å². The van der Waals surface area contributed by atoms with Crippen LogP contribution in [-0.2, 0) is 6.42 Å². The van der Waals surface area contributed by atoms with Gasteiger partial charge in [-0.2, -0.15) is 0 Å². The number of halogens is 1. The molecule has 0 amide bonds. The van der Waals surface area contributed by atoms with E-state index in [2.05, 4.69) is 18.3 Å². The molecule has 2 aromatic rings. The number of furan rings is 1. The third kappa shape index (κ3) is 3.60. The van der Waals surface area contributed by atoms with E-state index in [9.17, 15) is 0 Å². The number of hydrogen-bond donors (Lipinski definition) is 1. The highest BCUT2D eigenvalue weighted by molar-refractivity contribution is 7.16. The van der Waals surface area contributed by atoms with Crippen molar-refractivity contribution in [2.45, 2.75) is 26.3 Å². The molecule has 2 nitrogen and oxygen atoms in total. The minimum absolute atomic E-state index is 0.249. The van der Waals surface area contributed by atoms with Crippen LogP contribution in [0, 0.1) is 6.92 Å². The fourth-order valence-electron chi connectivity index (χ4n) is 1.68. The monoisotopic (exact) mass is 269 g/mol. The van der Waals surface area contributed by atoms with E-state index >= 15 is 0 Å². The van der Waals surface area contributed by atoms with Gasteiger partial charge in [0.25, 0.3) is 0 Å². The Morgan fingerprint density at radius 2 is 2.18 bits per heavy atom. The highest BCUT2D eigenvalue weighted by Gasteiger charge is 2.08. The van der Waals surface area contributed by atoms with Crippen molar-refractivity contribution in [3.05, 3.63) is 45.0 Å². The lowest BCUT2D eigenvalue weighted by molar-refractivity contribution is 0.418. The second-order valence-electron chi connectivity index (χ2n) is 4.08. The molecule has 2 aromatic heterocycles. The van der Waals surface area contributed by atoms with Crippen LogP contribution >= 0.6 is 22.9 Å². The Bertz CT molecular complexity index is 477. The quantitative estimate of drug-likeness (QED) is 0.880. The van der Waals surface area contributed by atoms with Gasteiger partial charge < -0.3 is 9.73 Å². The van der Waals surface area contributed by atoms with Gasteiger partial charge in [0.05, 0.1) is 10.4 Å². The molecule has 0 saturated carbocycles. The summed E-state index contributed by atoms with van der Waals surface area (Å²) >= 11 is 7.52. The van der Waals surface area contributed by atoms with Gasteiger partial charge in [-0.15, -0.1) is 11.3 Å². The van der Waals surface area contributed by atoms with Crippen molar-refractivity contribution in [1.82, 2.24) is 5.32 Å². The number of nitrogens with one attached hydrogen (secondary N) is 1. The van der Waals surface area contributed by atoms with Gasteiger partial charge in [-0.1, -0.05) is 11.6 Å². The van der Waals surface area contributed by atoms with Crippen LogP contribution in [0.4, 0.5) is 0 Å². The van der Waals surface area contributed by atoms with Gasteiger partial charge in [0, 0.05) is 11.4 Å². The number of thiophene rings is 1. The van der Waals surface area contributed by atoms with Crippen LogP contribution in [0.5, 0.6) is 0 Å². The Morgan fingerprint density at radius 3 is 2.76 bits per heavy atom. The lowest BCUT2D eigenvalue weighted by Crippen LogP contribution is -2.20. The number of hydrogen-bond acceptors (Lipinski definition) is 3. The first-order valence-electron chi connectivity index (χ1n) is 5.69. The summed E-state index contributed by atoms with van der Waals surface area (Å²) in [5.74, 6) is 1.95. The average Bonchev–Trinajstić information content (AvgIpc) is 2.88. The molecule has 0 radical (unpaired) electrons. The Labute approximate surface area is 111 Å². The molecule has 0 fully saturated rings. The zero-order chi connectivity index (χ0) is 12.3. The Hall–Kier alpha value is -0.770. The topological polar surface area (TPSA) is 25.2 Å². The van der Waals surface area contributed by atoms with Crippen LogP contribution in [-0.4, -0.2) is 6.54 Å². The Morgan fingerprint density at radius 1 is 1.35 bits per heavy atom. The van der Waals surface area contributed by atoms with Crippen molar-refractivity contribution in [3.8, 4) is 0 Å². The van der Waals surface area contributed by atoms with Crippen LogP contribution in [0.1, 0.15) is 29.4 Å². The molecule has 0 spiro atoms. The van der Waals surface area contributed by atoms with E-state index in [4.69, 9.17) is 16.0 Å². The Balaban J connectivity index is 1.78. The summed E-state index contributed by atoms with van der Waals surface area (Å²) in [4.78, 5) is 1.31. The predicted molar refractivity (Wildman–Crippen MR) is 72.9 cm³/mol. The van der Waals surface area contributed by atoms with Gasteiger partial charge in [0.1, 0.15) is 11.5 Å². The summed E-state index contributed by atoms with van der Waals surface area (Å²) < 4.78 is 6.43. The van der Waals surface area contributed by atoms with E-state index in [1.807, 2.05) is 25.1 Å². The average molecular weight is 270 g/mol. The lowest BCUT2D eigenvalue weighted by atomic mass is 10.2. The van der Waals surface area contributed by atoms with E-state index in [0.717, 1.165) is 28.8 Å². The van der Waals surface area contributed by atoms with E-state index in [1.165, 1.54) is 4.88 Å². The normalized spacial score (nSPS) is 12.9. The van der Waals surface area contributed by atoms with E-state index in [1.54, 1.807) is 11.3 Å². The first-order chi connectivity index (χ1) is 8.15. The maximum Gasteiger partial charge on any atom is 0.120 e. The molecule has 0 aliphatic carbocycles. The maximum atomic E-state index is 5.88. The summed E-state index contributed by atoms with van der Waals surface area (Å²) in [5, 5.41) is 3.44. The summed E-state index contributed by atoms with van der Waals surface area (Å²) in [7, 11) is 0. The Kier molecular flexibility index (Phi) is 4.26. The minimum Gasteiger partial charge on any atom is -0.465 e. The molecule has 1 N–H and O–H groups in total. The first-order valence-corrected chi connectivity index (χ1v) is 6.88. The molecule has 4 heteroatoms. The SMILES string of the molecule is Cc1ccc(C(C)NCCc2ccc(Cl)s2)o1. The molecule has 1 atom stereocenters. The van der Waals surface area contributed by atoms with Crippen molar-refractivity contribution in [2.75, 3.05) is 6.54 Å². The van der Waals surface area contributed by atoms with Gasteiger partial charge in [-0.25, -0.2) is 0 Å². The highest BCUT2D eigenvalue weighted by Crippen LogP contribution is 2.22. The minimum atomic E-state index is 0.249. The zero-order valence-electron chi connectivity index (χ0n) is 10.00. The molecule has 0 saturated heterocycles. The molecule has 17 heavy (non-hydrogen) atoms. The summed E-state index contributed by atoms with van der Waals surface area (Å²) in [5.41, 5.74) is 0. The van der Waals surface area contributed by atoms with E-state index < -0.39 is 0 Å². The zero-order valence-corrected chi connectivity index (χ0v) is 11.6. The molecule has 0 bridgehead atoms. The largest absolute Gasteiger partial charge is 0.465 e. The van der Waals surface area contributed by atoms with Crippen LogP contribution in [0.2, 0.25) is 4.34 Å². The molecule has 0 aliphatic rings. The van der Waals surface area contributed by atoms with Crippen LogP contribution in [0.25, 0.3) is 0 Å². The summed E-state index contributed by atoms with van der Waals surface area (Å²) in [6.07, 6.45) is 1.00. The third-order valence-electron chi connectivity index (χ3n) is 2.64. The van der Waals surface area contributed by atoms with Gasteiger partial charge >= 0.3 is 0 Å². The van der Waals surface area contributed by atoms with Crippen LogP contribution in [0.15, 0.2) is 28.7 Å². The highest BCUT2D eigenvalue weighted by atomic mass is 35.5. The predicted octanol–water partition coefficient (Wildman–Crippen LogP) is 4.20. The second kappa shape index (κ2) is 5.71. The molecule has 2 heterocycles. The van der Waals surface area contributed by atoms with Crippen LogP contribution in [0.3, 0.4) is 0 Å². The van der Waals surface area contributed by atoms with Gasteiger partial charge in [-0.3, -0.25) is 0 Å². The molecule has 0 aromatic carbocycles. The van der Waals surface area contributed by atoms with Crippen molar-refractivity contribution >= 4 is 22.9 Å². The fourth-order valence-corrected chi connectivity index (χ4v) is 2.77. The molecule has 2 rings (SSSR count). The fraction of sp³-hybridized carbons (Fsp3) is 0.385. The van der Waals surface area contributed by atoms with Crippen molar-refractivity contribution in [2.24, 2.45) is 0 Å². The molecule has 0 aliphatic heterocycles. The first kappa shape index (κ1) is 12.7. The smallest absolute Gasteiger partial charge is 0.120 e. The third-order valence-corrected chi connectivity index (χ3v) is 3.93. The maximum absolute atomic E-state index is 5.88. The molecule has 92 valence electrons. The summed E-state index contributed by atoms with van der Waals surface area (Å²) in [6, 6.07) is 8.29. The van der Waals surface area contributed by atoms with Crippen LogP contribution < -0.4 is 5.32 Å². The lowest BCUT2D eigenvalue weighted by Gasteiger charge is -2.10. The van der Waals surface area contributed by atoms with Gasteiger partial charge in [0.15, 0.2) is 0 Å². The molecular formula is C13H16ClNOS. The standard InChI is InChI=1S/C13H16ClNOS/c1-9-3-5-12(16-9)10(2)15-8-7-11-4-6-13(14)17-11/h3-6,10,15H,7-8H2,1-2H3. The molecular weight excluding hydrogens is 254 g/mol. The van der Waals surface area contributed by atoms with Gasteiger partial charge in [-0.05, 0) is 44.5 Å². The number of rotatable bonds is 5. The summed E-state index contributed by atoms with van der Waals surface area (Å²) in [6.45, 7) is 5.00. The second-order valence-corrected chi connectivity index (χ2v) is 5.88. The molecule has 1 unspecified atom stereocenters. The van der Waals surface area contributed by atoms with E-state index in [-0.39, 0.29) is 6.04 Å². The van der Waals surface area contributed by atoms with Crippen molar-refractivity contribution in [3.63, 3.8) is 0 Å². The van der Waals surface area contributed by atoms with Crippen molar-refractivity contribution < 1.29 is 4.42 Å².